The highest BCUT2D eigenvalue weighted by molar-refractivity contribution is 6.13. The van der Waals surface area contributed by atoms with Gasteiger partial charge in [-0.15, -0.1) is 0 Å². The maximum absolute atomic E-state index is 13.5. The van der Waals surface area contributed by atoms with Gasteiger partial charge in [0.15, 0.2) is 5.78 Å². The van der Waals surface area contributed by atoms with Crippen molar-refractivity contribution < 1.29 is 14.4 Å². The number of nitrogens with zero attached hydrogens (tertiary/aromatic N) is 2. The highest BCUT2D eigenvalue weighted by Gasteiger charge is 2.27. The summed E-state index contributed by atoms with van der Waals surface area (Å²) in [5.41, 5.74) is 14.3. The fraction of sp³-hybridized carbons (Fsp3) is 0.121. The van der Waals surface area contributed by atoms with E-state index >= 15 is 0 Å². The molecule has 0 N–H and O–H groups in total. The van der Waals surface area contributed by atoms with Crippen LogP contribution in [0, 0.1) is 0 Å². The zero-order chi connectivity index (χ0) is 41.8. The fourth-order valence-corrected chi connectivity index (χ4v) is 7.82. The minimum atomic E-state index is 0. The lowest BCUT2D eigenvalue weighted by atomic mass is 9.84. The molecule has 0 amide bonds. The van der Waals surface area contributed by atoms with Crippen molar-refractivity contribution in [1.29, 1.82) is 0 Å². The van der Waals surface area contributed by atoms with E-state index < -0.39 is 0 Å². The number of Topliss-reactive ketones (excluding diaryl/α,β-unsaturated/α-hetero) is 2. The maximum atomic E-state index is 13.5. The fourth-order valence-electron chi connectivity index (χ4n) is 7.82. The monoisotopic (exact) mass is 824 g/mol. The van der Waals surface area contributed by atoms with E-state index in [1.165, 1.54) is 0 Å². The molecule has 10 rings (SSSR count). The smallest absolute Gasteiger partial charge is 0.207 e. The van der Waals surface area contributed by atoms with Crippen molar-refractivity contribution >= 4 is 23.9 Å². The van der Waals surface area contributed by atoms with Crippen molar-refractivity contribution in [3.8, 4) is 44.8 Å². The second-order valence-corrected chi connectivity index (χ2v) is 14.9. The zero-order valence-electron chi connectivity index (χ0n) is 33.8. The predicted molar refractivity (Wildman–Crippen MR) is 260 cm³/mol. The summed E-state index contributed by atoms with van der Waals surface area (Å²) in [6, 6.07) is 64.1. The van der Waals surface area contributed by atoms with Gasteiger partial charge in [-0.25, -0.2) is 9.97 Å². The summed E-state index contributed by atoms with van der Waals surface area (Å²) in [5.74, 6) is 0.205. The maximum Gasteiger partial charge on any atom is 0.207 e. The van der Waals surface area contributed by atoms with Gasteiger partial charge in [0.25, 0.3) is 0 Å². The first kappa shape index (κ1) is 44.9. The molecule has 5 nitrogen and oxygen atoms in total. The van der Waals surface area contributed by atoms with Crippen molar-refractivity contribution in [2.75, 3.05) is 0 Å². The average molecular weight is 825 g/mol. The zero-order valence-corrected chi connectivity index (χ0v) is 33.8. The minimum absolute atomic E-state index is 0. The number of carbonyl (C=O) groups is 3. The molecule has 2 aromatic heterocycles. The lowest BCUT2D eigenvalue weighted by Crippen LogP contribution is -2.18. The second-order valence-electron chi connectivity index (χ2n) is 14.9. The van der Waals surface area contributed by atoms with Crippen molar-refractivity contribution in [2.45, 2.75) is 47.0 Å². The number of benzene rings is 6. The predicted octanol–water partition coefficient (Wildman–Crippen LogP) is 14.3. The van der Waals surface area contributed by atoms with Crippen LogP contribution < -0.4 is 0 Å². The molecule has 0 unspecified atom stereocenters. The van der Waals surface area contributed by atoms with Crippen LogP contribution in [-0.2, 0) is 12.8 Å². The Hall–Kier alpha value is -7.63. The van der Waals surface area contributed by atoms with Gasteiger partial charge in [0, 0.05) is 28.7 Å². The highest BCUT2D eigenvalue weighted by Crippen LogP contribution is 2.37. The summed E-state index contributed by atoms with van der Waals surface area (Å²) < 4.78 is 0. The van der Waals surface area contributed by atoms with E-state index in [0.29, 0.717) is 17.8 Å². The molecule has 2 heterocycles. The molecule has 0 bridgehead atoms. The Morgan fingerprint density at radius 2 is 0.810 bits per heavy atom. The molecule has 312 valence electrons. The molecular formula is C58H52N2O3. The van der Waals surface area contributed by atoms with Gasteiger partial charge in [-0.1, -0.05) is 197 Å². The number of rotatable bonds is 6. The average Bonchev–Trinajstić information content (AvgIpc) is 3.34. The third-order valence-electron chi connectivity index (χ3n) is 10.9. The number of pyridine rings is 2. The molecule has 0 saturated heterocycles. The molecule has 8 aromatic rings. The Kier molecular flexibility index (Phi) is 15.5. The van der Waals surface area contributed by atoms with Crippen molar-refractivity contribution in [3.05, 3.63) is 233 Å². The van der Waals surface area contributed by atoms with E-state index in [2.05, 4.69) is 36.4 Å². The van der Waals surface area contributed by atoms with E-state index in [9.17, 15) is 14.4 Å². The molecule has 0 saturated carbocycles. The Morgan fingerprint density at radius 1 is 0.413 bits per heavy atom. The number of hydrogen-bond donors (Lipinski definition) is 0. The number of hydrogen-bond acceptors (Lipinski definition) is 5. The summed E-state index contributed by atoms with van der Waals surface area (Å²) in [5, 5.41) is 0. The number of ketones is 2. The molecule has 0 fully saturated rings. The van der Waals surface area contributed by atoms with Crippen LogP contribution in [0.3, 0.4) is 0 Å². The summed E-state index contributed by atoms with van der Waals surface area (Å²) >= 11 is 0. The first-order chi connectivity index (χ1) is 30.1. The van der Waals surface area contributed by atoms with E-state index in [4.69, 9.17) is 9.97 Å². The van der Waals surface area contributed by atoms with Gasteiger partial charge in [-0.2, -0.15) is 0 Å². The Labute approximate surface area is 371 Å². The van der Waals surface area contributed by atoms with Crippen molar-refractivity contribution in [2.24, 2.45) is 0 Å². The van der Waals surface area contributed by atoms with E-state index in [0.717, 1.165) is 105 Å². The lowest BCUT2D eigenvalue weighted by molar-refractivity contribution is 0.0966. The number of aromatic nitrogens is 2. The first-order valence-electron chi connectivity index (χ1n) is 20.7. The molecule has 0 aliphatic heterocycles. The number of aldehydes is 1. The molecule has 6 aromatic carbocycles. The SMILES string of the molecule is C.C.O=C1/C(=C/c2ccccc2)CCc2c(-c3ccccc3)cc(-c3ccccc3)nc21.O=C1CCCc2c(-c3ccccc3)cc(-c3ccccc3)nc21.O=Cc1ccccc1. The molecule has 63 heavy (non-hydrogen) atoms. The molecule has 5 heteroatoms. The minimum Gasteiger partial charge on any atom is -0.298 e. The highest BCUT2D eigenvalue weighted by atomic mass is 16.1. The van der Waals surface area contributed by atoms with Crippen molar-refractivity contribution in [1.82, 2.24) is 9.97 Å². The van der Waals surface area contributed by atoms with Crippen LogP contribution in [0.4, 0.5) is 0 Å². The summed E-state index contributed by atoms with van der Waals surface area (Å²) in [6.07, 6.45) is 6.82. The van der Waals surface area contributed by atoms with Crippen LogP contribution in [0.2, 0.25) is 0 Å². The number of fused-ring (bicyclic) bond motifs is 2. The largest absolute Gasteiger partial charge is 0.298 e. The van der Waals surface area contributed by atoms with Crippen molar-refractivity contribution in [3.63, 3.8) is 0 Å². The van der Waals surface area contributed by atoms with Gasteiger partial charge in [0.05, 0.1) is 11.4 Å². The molecule has 0 radical (unpaired) electrons. The summed E-state index contributed by atoms with van der Waals surface area (Å²) in [4.78, 5) is 45.4. The third-order valence-corrected chi connectivity index (χ3v) is 10.9. The first-order valence-corrected chi connectivity index (χ1v) is 20.7. The van der Waals surface area contributed by atoms with Gasteiger partial charge in [-0.05, 0) is 82.8 Å². The van der Waals surface area contributed by atoms with E-state index in [1.54, 1.807) is 12.1 Å². The molecule has 0 spiro atoms. The Bertz CT molecular complexity index is 2790. The van der Waals surface area contributed by atoms with Crippen LogP contribution in [-0.4, -0.2) is 27.8 Å². The topological polar surface area (TPSA) is 77.0 Å². The van der Waals surface area contributed by atoms with Gasteiger partial charge < -0.3 is 0 Å². The lowest BCUT2D eigenvalue weighted by Gasteiger charge is -2.21. The molecule has 0 atom stereocenters. The van der Waals surface area contributed by atoms with Crippen LogP contribution in [0.5, 0.6) is 0 Å². The van der Waals surface area contributed by atoms with E-state index in [-0.39, 0.29) is 26.4 Å². The van der Waals surface area contributed by atoms with Gasteiger partial charge in [0.2, 0.25) is 5.78 Å². The summed E-state index contributed by atoms with van der Waals surface area (Å²) in [7, 11) is 0. The number of carbonyl (C=O) groups excluding carboxylic acids is 3. The Balaban J connectivity index is 0.000000177. The van der Waals surface area contributed by atoms with Crippen LogP contribution >= 0.6 is 0 Å². The number of allylic oxidation sites excluding steroid dienone is 1. The third kappa shape index (κ3) is 10.8. The van der Waals surface area contributed by atoms with Gasteiger partial charge in [-0.3, -0.25) is 14.4 Å². The Morgan fingerprint density at radius 3 is 1.25 bits per heavy atom. The van der Waals surface area contributed by atoms with Gasteiger partial charge in [0.1, 0.15) is 17.7 Å². The molecule has 2 aliphatic carbocycles. The summed E-state index contributed by atoms with van der Waals surface area (Å²) in [6.45, 7) is 0. The quantitative estimate of drug-likeness (QED) is 0.123. The van der Waals surface area contributed by atoms with E-state index in [1.807, 2.05) is 152 Å². The molecule has 2 aliphatic rings. The van der Waals surface area contributed by atoms with Crippen LogP contribution in [0.1, 0.15) is 82.1 Å². The molecular weight excluding hydrogens is 773 g/mol. The van der Waals surface area contributed by atoms with Crippen LogP contribution in [0.25, 0.3) is 50.8 Å². The second kappa shape index (κ2) is 21.8. The van der Waals surface area contributed by atoms with Gasteiger partial charge >= 0.3 is 0 Å². The normalized spacial score (nSPS) is 13.0. The van der Waals surface area contributed by atoms with Crippen LogP contribution in [0.15, 0.2) is 200 Å². The standard InChI is InChI=1S/C28H21NO.C21H17NO.C7H6O.2CH4/c30-28-23(18-20-10-4-1-5-11-20)16-17-24-25(21-12-6-2-7-13-21)19-26(29-27(24)28)22-14-8-3-9-15-22;23-20-13-7-12-17-18(15-8-3-1-4-9-15)14-19(22-21(17)20)16-10-5-2-6-11-16;8-6-7-4-2-1-3-5-7;;/h1-15,18-19H,16-17H2;1-6,8-11,14H,7,12-13H2;1-6H;2*1H4/b23-18+;;;;.